The number of hydrogen-bond donors (Lipinski definition) is 0. The number of methoxy groups -OCH3 is 3. The number of rotatable bonds is 5. The highest BCUT2D eigenvalue weighted by atomic mass is 32.1. The van der Waals surface area contributed by atoms with E-state index in [-0.39, 0.29) is 11.9 Å². The monoisotopic (exact) mass is 360 g/mol. The second-order valence-corrected chi connectivity index (χ2v) is 6.54. The summed E-state index contributed by atoms with van der Waals surface area (Å²) in [5.74, 6) is 1.58. The summed E-state index contributed by atoms with van der Waals surface area (Å²) in [5, 5.41) is 8.11. The van der Waals surface area contributed by atoms with Gasteiger partial charge in [-0.15, -0.1) is 11.3 Å². The van der Waals surface area contributed by atoms with E-state index in [0.717, 1.165) is 16.2 Å². The lowest BCUT2D eigenvalue weighted by Gasteiger charge is -2.18. The molecule has 2 aromatic rings. The molecule has 1 aromatic heterocycles. The van der Waals surface area contributed by atoms with Crippen LogP contribution in [0, 0.1) is 0 Å². The van der Waals surface area contributed by atoms with Crippen molar-refractivity contribution in [3.8, 4) is 17.2 Å². The number of carbonyl (C=O) groups is 1. The van der Waals surface area contributed by atoms with Gasteiger partial charge in [-0.05, 0) is 23.6 Å². The number of nitrogens with zero attached hydrogens (tertiary/aromatic N) is 2. The molecule has 1 atom stereocenters. The number of benzene rings is 1. The highest BCUT2D eigenvalue weighted by molar-refractivity contribution is 7.10. The van der Waals surface area contributed by atoms with Crippen molar-refractivity contribution in [1.82, 2.24) is 5.01 Å². The Bertz CT molecular complexity index is 776. The quantitative estimate of drug-likeness (QED) is 0.819. The summed E-state index contributed by atoms with van der Waals surface area (Å²) < 4.78 is 16.2. The van der Waals surface area contributed by atoms with Crippen LogP contribution < -0.4 is 14.2 Å². The van der Waals surface area contributed by atoms with Crippen LogP contribution in [0.25, 0.3) is 0 Å². The van der Waals surface area contributed by atoms with Crippen LogP contribution >= 0.6 is 11.3 Å². The van der Waals surface area contributed by atoms with Gasteiger partial charge in [0.25, 0.3) is 0 Å². The molecule has 2 heterocycles. The molecule has 132 valence electrons. The third-order valence-corrected chi connectivity index (χ3v) is 5.08. The molecule has 1 unspecified atom stereocenters. The van der Waals surface area contributed by atoms with Crippen LogP contribution in [0.1, 0.15) is 29.8 Å². The number of ether oxygens (including phenoxy) is 3. The maximum atomic E-state index is 12.0. The Morgan fingerprint density at radius 2 is 1.88 bits per heavy atom. The zero-order valence-electron chi connectivity index (χ0n) is 14.6. The van der Waals surface area contributed by atoms with E-state index in [1.54, 1.807) is 37.7 Å². The van der Waals surface area contributed by atoms with Crippen LogP contribution in [0.2, 0.25) is 0 Å². The molecule has 1 aliphatic heterocycles. The average Bonchev–Trinajstić information content (AvgIpc) is 3.29. The van der Waals surface area contributed by atoms with Gasteiger partial charge >= 0.3 is 0 Å². The number of thiophene rings is 1. The van der Waals surface area contributed by atoms with Gasteiger partial charge in [-0.25, -0.2) is 5.01 Å². The van der Waals surface area contributed by atoms with E-state index in [0.29, 0.717) is 23.7 Å². The maximum Gasteiger partial charge on any atom is 0.240 e. The Hall–Kier alpha value is -2.54. The summed E-state index contributed by atoms with van der Waals surface area (Å²) in [5.41, 5.74) is 1.66. The van der Waals surface area contributed by atoms with Crippen LogP contribution in [0.5, 0.6) is 17.2 Å². The molecule has 0 N–H and O–H groups in total. The first-order valence-corrected chi connectivity index (χ1v) is 8.68. The standard InChI is InChI=1S/C18H20N2O4S/c1-11(21)20-14(17-6-5-7-25-17)10-13(19-20)12-8-15(22-2)18(24-4)16(9-12)23-3/h5-9,14H,10H2,1-4H3. The summed E-state index contributed by atoms with van der Waals surface area (Å²) in [6, 6.07) is 7.64. The minimum atomic E-state index is -0.0826. The van der Waals surface area contributed by atoms with Gasteiger partial charge in [0.15, 0.2) is 11.5 Å². The van der Waals surface area contributed by atoms with Gasteiger partial charge in [0, 0.05) is 23.8 Å². The van der Waals surface area contributed by atoms with E-state index < -0.39 is 0 Å². The van der Waals surface area contributed by atoms with Crippen LogP contribution in [0.15, 0.2) is 34.7 Å². The molecule has 0 saturated carbocycles. The van der Waals surface area contributed by atoms with E-state index in [1.807, 2.05) is 29.6 Å². The predicted molar refractivity (Wildman–Crippen MR) is 96.8 cm³/mol. The molecule has 0 aliphatic carbocycles. The molecular formula is C18H20N2O4S. The van der Waals surface area contributed by atoms with Crippen LogP contribution in [0.4, 0.5) is 0 Å². The Balaban J connectivity index is 2.01. The lowest BCUT2D eigenvalue weighted by atomic mass is 10.0. The minimum absolute atomic E-state index is 0.0772. The third kappa shape index (κ3) is 3.19. The van der Waals surface area contributed by atoms with Crippen molar-refractivity contribution in [3.05, 3.63) is 40.1 Å². The first kappa shape index (κ1) is 17.3. The molecule has 0 bridgehead atoms. The lowest BCUT2D eigenvalue weighted by Crippen LogP contribution is -2.23. The van der Waals surface area contributed by atoms with Crippen LogP contribution in [-0.4, -0.2) is 38.0 Å². The minimum Gasteiger partial charge on any atom is -0.493 e. The molecule has 7 heteroatoms. The van der Waals surface area contributed by atoms with Crippen molar-refractivity contribution < 1.29 is 19.0 Å². The lowest BCUT2D eigenvalue weighted by molar-refractivity contribution is -0.130. The molecule has 0 radical (unpaired) electrons. The summed E-state index contributed by atoms with van der Waals surface area (Å²) in [7, 11) is 4.72. The van der Waals surface area contributed by atoms with Gasteiger partial charge in [-0.2, -0.15) is 5.10 Å². The SMILES string of the molecule is COc1cc(C2=NN(C(C)=O)C(c3cccs3)C2)cc(OC)c1OC. The van der Waals surface area contributed by atoms with E-state index in [1.165, 1.54) is 6.92 Å². The van der Waals surface area contributed by atoms with E-state index in [4.69, 9.17) is 14.2 Å². The first-order chi connectivity index (χ1) is 12.1. The van der Waals surface area contributed by atoms with E-state index >= 15 is 0 Å². The Kier molecular flexibility index (Phi) is 4.94. The highest BCUT2D eigenvalue weighted by Crippen LogP contribution is 2.41. The van der Waals surface area contributed by atoms with Crippen molar-refractivity contribution in [2.24, 2.45) is 5.10 Å². The normalized spacial score (nSPS) is 16.6. The van der Waals surface area contributed by atoms with Gasteiger partial charge in [-0.3, -0.25) is 4.79 Å². The number of carbonyl (C=O) groups excluding carboxylic acids is 1. The molecule has 6 nitrogen and oxygen atoms in total. The molecule has 1 amide bonds. The molecule has 0 saturated heterocycles. The van der Waals surface area contributed by atoms with Gasteiger partial charge in [0.1, 0.15) is 0 Å². The molecular weight excluding hydrogens is 340 g/mol. The molecule has 1 aromatic carbocycles. The summed E-state index contributed by atoms with van der Waals surface area (Å²) >= 11 is 1.62. The number of amides is 1. The van der Waals surface area contributed by atoms with Crippen LogP contribution in [0.3, 0.4) is 0 Å². The Morgan fingerprint density at radius 3 is 2.36 bits per heavy atom. The zero-order valence-corrected chi connectivity index (χ0v) is 15.4. The average molecular weight is 360 g/mol. The largest absolute Gasteiger partial charge is 0.493 e. The fourth-order valence-corrected chi connectivity index (χ4v) is 3.74. The van der Waals surface area contributed by atoms with Crippen molar-refractivity contribution in [2.75, 3.05) is 21.3 Å². The van der Waals surface area contributed by atoms with Gasteiger partial charge in [0.05, 0.1) is 33.1 Å². The Labute approximate surface area is 150 Å². The number of hydrogen-bond acceptors (Lipinski definition) is 6. The third-order valence-electron chi connectivity index (χ3n) is 4.10. The van der Waals surface area contributed by atoms with Crippen molar-refractivity contribution in [2.45, 2.75) is 19.4 Å². The zero-order chi connectivity index (χ0) is 18.0. The van der Waals surface area contributed by atoms with Crippen molar-refractivity contribution in [3.63, 3.8) is 0 Å². The fourth-order valence-electron chi connectivity index (χ4n) is 2.93. The molecule has 1 aliphatic rings. The molecule has 0 spiro atoms. The summed E-state index contributed by atoms with van der Waals surface area (Å²) in [6.45, 7) is 1.53. The van der Waals surface area contributed by atoms with Gasteiger partial charge in [-0.1, -0.05) is 6.07 Å². The molecule has 0 fully saturated rings. The molecule has 25 heavy (non-hydrogen) atoms. The number of hydrazone groups is 1. The summed E-state index contributed by atoms with van der Waals surface area (Å²) in [4.78, 5) is 13.1. The van der Waals surface area contributed by atoms with Crippen LogP contribution in [-0.2, 0) is 4.79 Å². The van der Waals surface area contributed by atoms with Crippen molar-refractivity contribution in [1.29, 1.82) is 0 Å². The Morgan fingerprint density at radius 1 is 1.20 bits per heavy atom. The first-order valence-electron chi connectivity index (χ1n) is 7.80. The predicted octanol–water partition coefficient (Wildman–Crippen LogP) is 3.47. The smallest absolute Gasteiger partial charge is 0.240 e. The second-order valence-electron chi connectivity index (χ2n) is 5.56. The van der Waals surface area contributed by atoms with Gasteiger partial charge in [0.2, 0.25) is 11.7 Å². The fraction of sp³-hybridized carbons (Fsp3) is 0.333. The van der Waals surface area contributed by atoms with Gasteiger partial charge < -0.3 is 14.2 Å². The molecule has 3 rings (SSSR count). The topological polar surface area (TPSA) is 60.4 Å². The van der Waals surface area contributed by atoms with E-state index in [2.05, 4.69) is 5.10 Å². The van der Waals surface area contributed by atoms with E-state index in [9.17, 15) is 4.79 Å². The van der Waals surface area contributed by atoms with Crippen molar-refractivity contribution >= 4 is 23.0 Å². The maximum absolute atomic E-state index is 12.0. The highest BCUT2D eigenvalue weighted by Gasteiger charge is 2.32. The second kappa shape index (κ2) is 7.14. The summed E-state index contributed by atoms with van der Waals surface area (Å²) in [6.07, 6.45) is 0.638.